The van der Waals surface area contributed by atoms with E-state index in [-0.39, 0.29) is 6.10 Å². The monoisotopic (exact) mass is 199 g/mol. The maximum Gasteiger partial charge on any atom is 0.0580 e. The van der Waals surface area contributed by atoms with E-state index in [1.807, 2.05) is 0 Å². The molecule has 1 saturated carbocycles. The average molecular weight is 199 g/mol. The first-order chi connectivity index (χ1) is 6.77. The molecule has 0 aromatic heterocycles. The Hall–Kier alpha value is -0.0800. The fraction of sp³-hybridized carbons (Fsp3) is 1.00. The minimum absolute atomic E-state index is 0.0220. The lowest BCUT2D eigenvalue weighted by atomic mass is 10.1. The van der Waals surface area contributed by atoms with E-state index in [1.165, 1.54) is 38.8 Å². The summed E-state index contributed by atoms with van der Waals surface area (Å²) in [6.45, 7) is 7.96. The summed E-state index contributed by atoms with van der Waals surface area (Å²) < 4.78 is 0. The first-order valence-corrected chi connectivity index (χ1v) is 6.18. The summed E-state index contributed by atoms with van der Waals surface area (Å²) in [6, 6.07) is 0. The Morgan fingerprint density at radius 1 is 1.14 bits per heavy atom. The van der Waals surface area contributed by atoms with Gasteiger partial charge in [-0.25, -0.2) is 0 Å². The van der Waals surface area contributed by atoms with Crippen LogP contribution in [0.3, 0.4) is 0 Å². The average Bonchev–Trinajstić information content (AvgIpc) is 2.53. The van der Waals surface area contributed by atoms with E-state index in [9.17, 15) is 5.11 Å². The number of aliphatic hydroxyl groups is 1. The highest BCUT2D eigenvalue weighted by atomic mass is 16.3. The van der Waals surface area contributed by atoms with Gasteiger partial charge in [-0.2, -0.15) is 0 Å². The van der Waals surface area contributed by atoms with Crippen LogP contribution in [0.15, 0.2) is 0 Å². The third-order valence-electron chi connectivity index (χ3n) is 3.19. The van der Waals surface area contributed by atoms with Gasteiger partial charge in [0.15, 0.2) is 0 Å². The zero-order valence-corrected chi connectivity index (χ0v) is 9.71. The van der Waals surface area contributed by atoms with Crippen molar-refractivity contribution >= 4 is 0 Å². The van der Waals surface area contributed by atoms with Gasteiger partial charge in [-0.05, 0) is 44.7 Å². The zero-order chi connectivity index (χ0) is 10.4. The van der Waals surface area contributed by atoms with Crippen molar-refractivity contribution in [3.05, 3.63) is 0 Å². The van der Waals surface area contributed by atoms with E-state index in [1.54, 1.807) is 0 Å². The molecule has 0 aliphatic heterocycles. The van der Waals surface area contributed by atoms with Crippen LogP contribution in [0.5, 0.6) is 0 Å². The Kier molecular flexibility index (Phi) is 5.49. The predicted molar refractivity (Wildman–Crippen MR) is 60.4 cm³/mol. The molecule has 84 valence electrons. The quantitative estimate of drug-likeness (QED) is 0.709. The fourth-order valence-corrected chi connectivity index (χ4v) is 2.49. The summed E-state index contributed by atoms with van der Waals surface area (Å²) in [6.07, 6.45) is 5.90. The van der Waals surface area contributed by atoms with Crippen molar-refractivity contribution in [3.63, 3.8) is 0 Å². The van der Waals surface area contributed by atoms with Gasteiger partial charge in [0, 0.05) is 6.54 Å². The Morgan fingerprint density at radius 3 is 2.21 bits per heavy atom. The molecule has 0 aromatic rings. The van der Waals surface area contributed by atoms with E-state index >= 15 is 0 Å². The number of nitrogens with zero attached hydrogens (tertiary/aromatic N) is 1. The van der Waals surface area contributed by atoms with Crippen molar-refractivity contribution in [1.82, 2.24) is 4.90 Å². The molecule has 0 aromatic carbocycles. The summed E-state index contributed by atoms with van der Waals surface area (Å²) >= 11 is 0. The van der Waals surface area contributed by atoms with Gasteiger partial charge in [0.1, 0.15) is 0 Å². The van der Waals surface area contributed by atoms with Gasteiger partial charge >= 0.3 is 0 Å². The molecule has 0 spiro atoms. The Labute approximate surface area is 88.3 Å². The molecule has 1 N–H and O–H groups in total. The molecular weight excluding hydrogens is 174 g/mol. The molecule has 14 heavy (non-hydrogen) atoms. The fourth-order valence-electron chi connectivity index (χ4n) is 2.49. The van der Waals surface area contributed by atoms with Crippen LogP contribution in [0.1, 0.15) is 46.0 Å². The summed E-state index contributed by atoms with van der Waals surface area (Å²) in [7, 11) is 0. The topological polar surface area (TPSA) is 23.5 Å². The van der Waals surface area contributed by atoms with Gasteiger partial charge in [0.25, 0.3) is 0 Å². The van der Waals surface area contributed by atoms with Crippen LogP contribution < -0.4 is 0 Å². The van der Waals surface area contributed by atoms with E-state index in [0.29, 0.717) is 5.92 Å². The van der Waals surface area contributed by atoms with Crippen molar-refractivity contribution in [2.45, 2.75) is 52.1 Å². The molecule has 1 aliphatic rings. The summed E-state index contributed by atoms with van der Waals surface area (Å²) in [5, 5.41) is 9.75. The normalized spacial score (nSPS) is 27.4. The molecule has 2 nitrogen and oxygen atoms in total. The van der Waals surface area contributed by atoms with Crippen molar-refractivity contribution in [3.8, 4) is 0 Å². The highest BCUT2D eigenvalue weighted by Crippen LogP contribution is 2.26. The second-order valence-corrected chi connectivity index (χ2v) is 4.56. The van der Waals surface area contributed by atoms with Crippen LogP contribution in [0.25, 0.3) is 0 Å². The third kappa shape index (κ3) is 3.58. The number of hydrogen-bond acceptors (Lipinski definition) is 2. The Balaban J connectivity index is 2.29. The molecule has 2 heteroatoms. The summed E-state index contributed by atoms with van der Waals surface area (Å²) in [5.74, 6) is 0.549. The number of rotatable bonds is 6. The van der Waals surface area contributed by atoms with Gasteiger partial charge in [-0.15, -0.1) is 0 Å². The highest BCUT2D eigenvalue weighted by Gasteiger charge is 2.26. The SMILES string of the molecule is CCCN(CCC)CC1CCCC1O. The zero-order valence-electron chi connectivity index (χ0n) is 9.71. The van der Waals surface area contributed by atoms with Crippen LogP contribution in [0, 0.1) is 5.92 Å². The maximum atomic E-state index is 9.75. The van der Waals surface area contributed by atoms with Crippen LogP contribution in [-0.2, 0) is 0 Å². The van der Waals surface area contributed by atoms with Gasteiger partial charge < -0.3 is 10.0 Å². The molecule has 2 unspecified atom stereocenters. The largest absolute Gasteiger partial charge is 0.393 e. The minimum Gasteiger partial charge on any atom is -0.393 e. The van der Waals surface area contributed by atoms with Crippen molar-refractivity contribution in [2.75, 3.05) is 19.6 Å². The molecule has 2 atom stereocenters. The van der Waals surface area contributed by atoms with E-state index in [0.717, 1.165) is 13.0 Å². The molecule has 0 bridgehead atoms. The van der Waals surface area contributed by atoms with Gasteiger partial charge in [0.05, 0.1) is 6.10 Å². The summed E-state index contributed by atoms with van der Waals surface area (Å²) in [5.41, 5.74) is 0. The molecular formula is C12H25NO. The molecule has 1 rings (SSSR count). The van der Waals surface area contributed by atoms with Crippen molar-refractivity contribution in [1.29, 1.82) is 0 Å². The second kappa shape index (κ2) is 6.41. The highest BCUT2D eigenvalue weighted by molar-refractivity contribution is 4.79. The summed E-state index contributed by atoms with van der Waals surface area (Å²) in [4.78, 5) is 2.51. The minimum atomic E-state index is -0.0220. The molecule has 0 amide bonds. The standard InChI is InChI=1S/C12H25NO/c1-3-8-13(9-4-2)10-11-6-5-7-12(11)14/h11-12,14H,3-10H2,1-2H3. The molecule has 0 radical (unpaired) electrons. The predicted octanol–water partition coefficient (Wildman–Crippen LogP) is 2.27. The maximum absolute atomic E-state index is 9.75. The molecule has 0 heterocycles. The van der Waals surface area contributed by atoms with Crippen LogP contribution in [0.2, 0.25) is 0 Å². The van der Waals surface area contributed by atoms with E-state index < -0.39 is 0 Å². The lowest BCUT2D eigenvalue weighted by Gasteiger charge is -2.26. The van der Waals surface area contributed by atoms with Gasteiger partial charge in [-0.1, -0.05) is 20.3 Å². The van der Waals surface area contributed by atoms with Crippen LogP contribution in [0.4, 0.5) is 0 Å². The Bertz CT molecular complexity index is 143. The van der Waals surface area contributed by atoms with Crippen LogP contribution >= 0.6 is 0 Å². The van der Waals surface area contributed by atoms with Gasteiger partial charge in [-0.3, -0.25) is 0 Å². The number of aliphatic hydroxyl groups excluding tert-OH is 1. The Morgan fingerprint density at radius 2 is 1.79 bits per heavy atom. The van der Waals surface area contributed by atoms with Gasteiger partial charge in [0.2, 0.25) is 0 Å². The number of hydrogen-bond donors (Lipinski definition) is 1. The molecule has 0 saturated heterocycles. The first kappa shape index (κ1) is 12.0. The first-order valence-electron chi connectivity index (χ1n) is 6.18. The lowest BCUT2D eigenvalue weighted by Crippen LogP contribution is -2.33. The molecule has 1 fully saturated rings. The van der Waals surface area contributed by atoms with E-state index in [2.05, 4.69) is 18.7 Å². The lowest BCUT2D eigenvalue weighted by molar-refractivity contribution is 0.102. The van der Waals surface area contributed by atoms with E-state index in [4.69, 9.17) is 0 Å². The smallest absolute Gasteiger partial charge is 0.0580 e. The van der Waals surface area contributed by atoms with Crippen LogP contribution in [-0.4, -0.2) is 35.7 Å². The van der Waals surface area contributed by atoms with Crippen molar-refractivity contribution < 1.29 is 5.11 Å². The third-order valence-corrected chi connectivity index (χ3v) is 3.19. The second-order valence-electron chi connectivity index (χ2n) is 4.56. The van der Waals surface area contributed by atoms with Crippen molar-refractivity contribution in [2.24, 2.45) is 5.92 Å². The molecule has 1 aliphatic carbocycles.